The molecule has 0 bridgehead atoms. The van der Waals surface area contributed by atoms with Crippen LogP contribution in [0.3, 0.4) is 0 Å². The molecule has 3 aliphatic rings. The van der Waals surface area contributed by atoms with Gasteiger partial charge in [0.15, 0.2) is 0 Å². The van der Waals surface area contributed by atoms with Crippen molar-refractivity contribution < 1.29 is 19.1 Å². The maximum Gasteiger partial charge on any atom is 0.320 e. The molecule has 1 unspecified atom stereocenters. The van der Waals surface area contributed by atoms with Gasteiger partial charge in [-0.15, -0.1) is 0 Å². The number of halogens is 1. The molecule has 1 aromatic carbocycles. The highest BCUT2D eigenvalue weighted by molar-refractivity contribution is 6.33. The standard InChI is InChI=1S/C35H47ClN6O4/c1-7-45-30(43)23-41-18-16-40(17-19-41)14-12-24-13-15-42(22-24)29-11-8-25(21-38-29)31(44)39-32-34(2,3)33(35(32,4)5)46-26-9-10-28(37-6)27(36)20-26/h8-11,20-21,24,32-33H,7,12-19,22-23H2,1-5H3,(H,39,44). The third-order valence-electron chi connectivity index (χ3n) is 10.0. The van der Waals surface area contributed by atoms with Gasteiger partial charge in [0.1, 0.15) is 17.7 Å². The third-order valence-corrected chi connectivity index (χ3v) is 10.3. The van der Waals surface area contributed by atoms with Gasteiger partial charge in [0.05, 0.1) is 30.3 Å². The number of hydrogen-bond acceptors (Lipinski definition) is 8. The highest BCUT2D eigenvalue weighted by Crippen LogP contribution is 2.55. The Labute approximate surface area is 278 Å². The second-order valence-corrected chi connectivity index (χ2v) is 14.4. The van der Waals surface area contributed by atoms with E-state index in [0.29, 0.717) is 41.1 Å². The van der Waals surface area contributed by atoms with Crippen LogP contribution in [0.2, 0.25) is 5.02 Å². The van der Waals surface area contributed by atoms with Crippen LogP contribution in [0.5, 0.6) is 5.75 Å². The summed E-state index contributed by atoms with van der Waals surface area (Å²) in [5, 5.41) is 3.62. The number of nitrogens with one attached hydrogen (secondary N) is 1. The van der Waals surface area contributed by atoms with Crippen LogP contribution in [0.25, 0.3) is 4.85 Å². The van der Waals surface area contributed by atoms with Crippen LogP contribution in [-0.2, 0) is 9.53 Å². The third kappa shape index (κ3) is 7.43. The Morgan fingerprint density at radius 2 is 1.78 bits per heavy atom. The molecule has 1 amide bonds. The van der Waals surface area contributed by atoms with Gasteiger partial charge in [0, 0.05) is 62.3 Å². The molecule has 2 saturated heterocycles. The van der Waals surface area contributed by atoms with Crippen molar-refractivity contribution in [2.24, 2.45) is 16.7 Å². The van der Waals surface area contributed by atoms with Crippen molar-refractivity contribution in [1.29, 1.82) is 0 Å². The summed E-state index contributed by atoms with van der Waals surface area (Å²) in [4.78, 5) is 40.2. The van der Waals surface area contributed by atoms with E-state index in [9.17, 15) is 9.59 Å². The molecule has 2 aliphatic heterocycles. The predicted molar refractivity (Wildman–Crippen MR) is 180 cm³/mol. The summed E-state index contributed by atoms with van der Waals surface area (Å²) < 4.78 is 11.4. The fourth-order valence-electron chi connectivity index (χ4n) is 7.71. The number of carbonyl (C=O) groups is 2. The van der Waals surface area contributed by atoms with Gasteiger partial charge in [0.25, 0.3) is 5.91 Å². The fraction of sp³-hybridized carbons (Fsp3) is 0.600. The number of amides is 1. The molecule has 10 nitrogen and oxygen atoms in total. The number of rotatable bonds is 11. The van der Waals surface area contributed by atoms with E-state index in [1.54, 1.807) is 24.4 Å². The summed E-state index contributed by atoms with van der Waals surface area (Å²) in [6.07, 6.45) is 3.80. The number of anilines is 1. The van der Waals surface area contributed by atoms with E-state index < -0.39 is 0 Å². The zero-order chi connectivity index (χ0) is 33.1. The van der Waals surface area contributed by atoms with Gasteiger partial charge in [-0.05, 0) is 56.5 Å². The van der Waals surface area contributed by atoms with Crippen molar-refractivity contribution in [1.82, 2.24) is 20.1 Å². The first kappa shape index (κ1) is 34.0. The van der Waals surface area contributed by atoms with Crippen molar-refractivity contribution in [2.75, 3.05) is 63.9 Å². The smallest absolute Gasteiger partial charge is 0.320 e. The van der Waals surface area contributed by atoms with Crippen molar-refractivity contribution in [3.63, 3.8) is 0 Å². The number of aromatic nitrogens is 1. The van der Waals surface area contributed by atoms with Gasteiger partial charge in [-0.1, -0.05) is 45.4 Å². The lowest BCUT2D eigenvalue weighted by molar-refractivity contribution is -0.164. The van der Waals surface area contributed by atoms with Crippen LogP contribution in [-0.4, -0.2) is 97.8 Å². The van der Waals surface area contributed by atoms with Crippen molar-refractivity contribution in [3.8, 4) is 5.75 Å². The van der Waals surface area contributed by atoms with Crippen LogP contribution in [0, 0.1) is 23.3 Å². The molecule has 1 saturated carbocycles. The Kier molecular flexibility index (Phi) is 10.5. The number of benzene rings is 1. The van der Waals surface area contributed by atoms with Crippen LogP contribution in [0.15, 0.2) is 36.5 Å². The molecule has 3 fully saturated rings. The van der Waals surface area contributed by atoms with Gasteiger partial charge >= 0.3 is 5.97 Å². The number of esters is 1. The lowest BCUT2D eigenvalue weighted by Gasteiger charge is -2.63. The van der Waals surface area contributed by atoms with Crippen LogP contribution in [0.1, 0.15) is 57.8 Å². The maximum atomic E-state index is 13.3. The lowest BCUT2D eigenvalue weighted by atomic mass is 9.49. The van der Waals surface area contributed by atoms with Crippen molar-refractivity contribution >= 4 is 35.0 Å². The monoisotopic (exact) mass is 650 g/mol. The van der Waals surface area contributed by atoms with Crippen LogP contribution in [0.4, 0.5) is 11.5 Å². The largest absolute Gasteiger partial charge is 0.489 e. The molecule has 3 heterocycles. The molecular weight excluding hydrogens is 604 g/mol. The summed E-state index contributed by atoms with van der Waals surface area (Å²) >= 11 is 6.23. The SMILES string of the molecule is [C-]#[N+]c1ccc(OC2C(C)(C)C(NC(=O)c3ccc(N4CCC(CCN5CCN(CC(=O)OCC)CC5)C4)nc3)C2(C)C)cc1Cl. The van der Waals surface area contributed by atoms with E-state index in [4.69, 9.17) is 27.6 Å². The molecule has 248 valence electrons. The summed E-state index contributed by atoms with van der Waals surface area (Å²) in [5.74, 6) is 1.86. The normalized spacial score (nSPS) is 24.1. The van der Waals surface area contributed by atoms with Crippen molar-refractivity contribution in [3.05, 3.63) is 58.5 Å². The second kappa shape index (κ2) is 14.2. The first-order valence-electron chi connectivity index (χ1n) is 16.4. The first-order valence-corrected chi connectivity index (χ1v) is 16.8. The molecule has 0 spiro atoms. The maximum absolute atomic E-state index is 13.3. The quantitative estimate of drug-likeness (QED) is 0.259. The zero-order valence-electron chi connectivity index (χ0n) is 27.7. The van der Waals surface area contributed by atoms with Gasteiger partial charge < -0.3 is 24.6 Å². The predicted octanol–water partition coefficient (Wildman–Crippen LogP) is 5.29. The van der Waals surface area contributed by atoms with Gasteiger partial charge in [0.2, 0.25) is 5.69 Å². The van der Waals surface area contributed by atoms with E-state index >= 15 is 0 Å². The Morgan fingerprint density at radius 1 is 1.07 bits per heavy atom. The topological polar surface area (TPSA) is 91.6 Å². The first-order chi connectivity index (χ1) is 21.9. The number of carbonyl (C=O) groups excluding carboxylic acids is 2. The zero-order valence-corrected chi connectivity index (χ0v) is 28.5. The molecule has 1 atom stereocenters. The van der Waals surface area contributed by atoms with E-state index in [0.717, 1.165) is 64.5 Å². The molecule has 1 aromatic heterocycles. The number of piperazine rings is 1. The summed E-state index contributed by atoms with van der Waals surface area (Å²) in [6, 6.07) is 8.83. The molecule has 0 radical (unpaired) electrons. The Hall–Kier alpha value is -3.39. The van der Waals surface area contributed by atoms with E-state index in [1.165, 1.54) is 0 Å². The van der Waals surface area contributed by atoms with Gasteiger partial charge in [-0.2, -0.15) is 0 Å². The molecule has 46 heavy (non-hydrogen) atoms. The number of pyridine rings is 1. The average molecular weight is 651 g/mol. The highest BCUT2D eigenvalue weighted by atomic mass is 35.5. The van der Waals surface area contributed by atoms with Gasteiger partial charge in [-0.25, -0.2) is 9.83 Å². The number of nitrogens with zero attached hydrogens (tertiary/aromatic N) is 5. The van der Waals surface area contributed by atoms with E-state index in [2.05, 4.69) is 57.5 Å². The fourth-order valence-corrected chi connectivity index (χ4v) is 7.92. The van der Waals surface area contributed by atoms with Crippen LogP contribution < -0.4 is 15.0 Å². The van der Waals surface area contributed by atoms with E-state index in [-0.39, 0.29) is 34.9 Å². The molecule has 1 N–H and O–H groups in total. The number of hydrogen-bond donors (Lipinski definition) is 1. The van der Waals surface area contributed by atoms with Crippen molar-refractivity contribution in [2.45, 2.75) is 59.6 Å². The minimum atomic E-state index is -0.335. The number of ether oxygens (including phenoxy) is 2. The van der Waals surface area contributed by atoms with Crippen LogP contribution >= 0.6 is 11.6 Å². The van der Waals surface area contributed by atoms with E-state index in [1.807, 2.05) is 19.1 Å². The summed E-state index contributed by atoms with van der Waals surface area (Å²) in [5.41, 5.74) is 0.265. The molecule has 5 rings (SSSR count). The molecule has 2 aromatic rings. The Bertz CT molecular complexity index is 1420. The molecule has 11 heteroatoms. The summed E-state index contributed by atoms with van der Waals surface area (Å²) in [7, 11) is 0. The van der Waals surface area contributed by atoms with Gasteiger partial charge in [-0.3, -0.25) is 14.5 Å². The lowest BCUT2D eigenvalue weighted by Crippen LogP contribution is -2.74. The molecule has 1 aliphatic carbocycles. The molecular formula is C35H47ClN6O4. The minimum Gasteiger partial charge on any atom is -0.489 e. The minimum absolute atomic E-state index is 0.116. The Balaban J connectivity index is 1.08. The Morgan fingerprint density at radius 3 is 2.41 bits per heavy atom. The summed E-state index contributed by atoms with van der Waals surface area (Å²) in [6.45, 7) is 25.0. The second-order valence-electron chi connectivity index (χ2n) is 14.0. The highest BCUT2D eigenvalue weighted by Gasteiger charge is 2.64. The average Bonchev–Trinajstić information content (AvgIpc) is 3.51.